The van der Waals surface area contributed by atoms with Crippen LogP contribution in [0.5, 0.6) is 0 Å². The van der Waals surface area contributed by atoms with Crippen molar-refractivity contribution in [3.63, 3.8) is 0 Å². The Labute approximate surface area is 121 Å². The van der Waals surface area contributed by atoms with Gasteiger partial charge in [0.05, 0.1) is 10.2 Å². The minimum Gasteiger partial charge on any atom is -0.465 e. The lowest BCUT2D eigenvalue weighted by molar-refractivity contribution is -0.118. The Hall–Kier alpha value is -1.70. The van der Waals surface area contributed by atoms with Gasteiger partial charge < -0.3 is 15.3 Å². The van der Waals surface area contributed by atoms with Crippen molar-refractivity contribution >= 4 is 33.6 Å². The van der Waals surface area contributed by atoms with E-state index in [-0.39, 0.29) is 16.6 Å². The quantitative estimate of drug-likeness (QED) is 0.806. The second kappa shape index (κ2) is 5.35. The molecule has 0 aromatic heterocycles. The first-order valence-corrected chi connectivity index (χ1v) is 6.58. The van der Waals surface area contributed by atoms with Gasteiger partial charge in [0.15, 0.2) is 11.6 Å². The van der Waals surface area contributed by atoms with E-state index in [1.165, 1.54) is 12.1 Å². The first-order chi connectivity index (χ1) is 9.32. The largest absolute Gasteiger partial charge is 0.465 e. The number of carboxylic acid groups (broad SMARTS) is 1. The number of nitrogens with one attached hydrogen (secondary N) is 1. The second-order valence-electron chi connectivity index (χ2n) is 4.49. The maximum absolute atomic E-state index is 13.9. The number of rotatable bonds is 2. The van der Waals surface area contributed by atoms with Gasteiger partial charge in [-0.15, -0.1) is 0 Å². The van der Waals surface area contributed by atoms with Gasteiger partial charge in [0.1, 0.15) is 6.04 Å². The molecule has 108 valence electrons. The summed E-state index contributed by atoms with van der Waals surface area (Å²) in [7, 11) is 0. The highest BCUT2D eigenvalue weighted by atomic mass is 79.9. The van der Waals surface area contributed by atoms with Crippen molar-refractivity contribution in [1.82, 2.24) is 5.32 Å². The molecule has 2 N–H and O–H groups in total. The fourth-order valence-electron chi connectivity index (χ4n) is 2.26. The molecule has 2 unspecified atom stereocenters. The average Bonchev–Trinajstić information content (AvgIpc) is 2.62. The molecule has 1 aromatic rings. The van der Waals surface area contributed by atoms with Crippen LogP contribution in [0, 0.1) is 11.6 Å². The minimum absolute atomic E-state index is 0.0433. The molecule has 1 aliphatic rings. The van der Waals surface area contributed by atoms with E-state index in [0.29, 0.717) is 0 Å². The van der Waals surface area contributed by atoms with E-state index in [2.05, 4.69) is 21.2 Å². The molecule has 8 heteroatoms. The molecule has 1 saturated heterocycles. The van der Waals surface area contributed by atoms with Gasteiger partial charge in [-0.1, -0.05) is 0 Å². The zero-order valence-corrected chi connectivity index (χ0v) is 11.9. The van der Waals surface area contributed by atoms with Crippen LogP contribution in [-0.2, 0) is 4.79 Å². The van der Waals surface area contributed by atoms with E-state index in [4.69, 9.17) is 5.11 Å². The Kier molecular flexibility index (Phi) is 3.94. The predicted molar refractivity (Wildman–Crippen MR) is 70.6 cm³/mol. The zero-order valence-electron chi connectivity index (χ0n) is 10.4. The van der Waals surface area contributed by atoms with Crippen LogP contribution in [0.1, 0.15) is 13.3 Å². The topological polar surface area (TPSA) is 69.6 Å². The van der Waals surface area contributed by atoms with Crippen LogP contribution in [0.4, 0.5) is 19.3 Å². The summed E-state index contributed by atoms with van der Waals surface area (Å²) in [6.07, 6.45) is -1.14. The number of carbonyl (C=O) groups excluding carboxylic acids is 1. The molecule has 1 aromatic carbocycles. The third-order valence-electron chi connectivity index (χ3n) is 3.13. The highest BCUT2D eigenvalue weighted by molar-refractivity contribution is 9.10. The van der Waals surface area contributed by atoms with Crippen LogP contribution in [0.3, 0.4) is 0 Å². The normalized spacial score (nSPS) is 22.2. The van der Waals surface area contributed by atoms with Crippen molar-refractivity contribution < 1.29 is 23.5 Å². The third kappa shape index (κ3) is 2.47. The van der Waals surface area contributed by atoms with Gasteiger partial charge in [0.2, 0.25) is 5.91 Å². The Morgan fingerprint density at radius 3 is 2.70 bits per heavy atom. The number of hydrogen-bond donors (Lipinski definition) is 2. The fourth-order valence-corrected chi connectivity index (χ4v) is 2.57. The standard InChI is InChI=1S/C12H11BrF2N2O3/c1-5-4-7(16-12(19)20)11(18)17(5)8-3-2-6(13)9(14)10(8)15/h2-3,5,7,16H,4H2,1H3,(H,19,20). The smallest absolute Gasteiger partial charge is 0.405 e. The number of benzene rings is 1. The molecule has 1 heterocycles. The van der Waals surface area contributed by atoms with Crippen molar-refractivity contribution in [1.29, 1.82) is 0 Å². The molecule has 0 bridgehead atoms. The van der Waals surface area contributed by atoms with Gasteiger partial charge in [0, 0.05) is 6.04 Å². The Balaban J connectivity index is 2.36. The van der Waals surface area contributed by atoms with Crippen molar-refractivity contribution in [3.8, 4) is 0 Å². The Morgan fingerprint density at radius 2 is 2.10 bits per heavy atom. The maximum atomic E-state index is 13.9. The van der Waals surface area contributed by atoms with E-state index in [1.54, 1.807) is 6.92 Å². The summed E-state index contributed by atoms with van der Waals surface area (Å²) >= 11 is 2.86. The number of nitrogens with zero attached hydrogens (tertiary/aromatic N) is 1. The molecular formula is C12H11BrF2N2O3. The highest BCUT2D eigenvalue weighted by Gasteiger charge is 2.40. The summed E-state index contributed by atoms with van der Waals surface area (Å²) in [4.78, 5) is 23.8. The molecule has 0 radical (unpaired) electrons. The molecule has 0 aliphatic carbocycles. The minimum atomic E-state index is -1.33. The molecule has 0 saturated carbocycles. The average molecular weight is 349 g/mol. The van der Waals surface area contributed by atoms with Crippen molar-refractivity contribution in [2.75, 3.05) is 4.90 Å². The van der Waals surface area contributed by atoms with Gasteiger partial charge in [-0.3, -0.25) is 4.79 Å². The van der Waals surface area contributed by atoms with E-state index in [1.807, 2.05) is 0 Å². The number of carbonyl (C=O) groups is 2. The molecular weight excluding hydrogens is 338 g/mol. The Morgan fingerprint density at radius 1 is 1.45 bits per heavy atom. The highest BCUT2D eigenvalue weighted by Crippen LogP contribution is 2.32. The molecule has 2 rings (SSSR count). The number of anilines is 1. The van der Waals surface area contributed by atoms with Crippen LogP contribution in [0.2, 0.25) is 0 Å². The monoisotopic (exact) mass is 348 g/mol. The number of halogens is 3. The molecule has 5 nitrogen and oxygen atoms in total. The summed E-state index contributed by atoms with van der Waals surface area (Å²) in [6.45, 7) is 1.64. The lowest BCUT2D eigenvalue weighted by atomic mass is 10.2. The SMILES string of the molecule is CC1CC(NC(=O)O)C(=O)N1c1ccc(Br)c(F)c1F. The Bertz CT molecular complexity index is 582. The van der Waals surface area contributed by atoms with Crippen LogP contribution in [-0.4, -0.2) is 29.2 Å². The number of amides is 2. The second-order valence-corrected chi connectivity index (χ2v) is 5.34. The molecule has 20 heavy (non-hydrogen) atoms. The third-order valence-corrected chi connectivity index (χ3v) is 3.74. The van der Waals surface area contributed by atoms with Crippen molar-refractivity contribution in [2.45, 2.75) is 25.4 Å². The molecule has 1 fully saturated rings. The first-order valence-electron chi connectivity index (χ1n) is 5.79. The summed E-state index contributed by atoms with van der Waals surface area (Å²) in [6, 6.07) is 1.19. The lowest BCUT2D eigenvalue weighted by Gasteiger charge is -2.22. The van der Waals surface area contributed by atoms with Gasteiger partial charge in [-0.2, -0.15) is 0 Å². The van der Waals surface area contributed by atoms with E-state index in [0.717, 1.165) is 4.90 Å². The van der Waals surface area contributed by atoms with Crippen LogP contribution >= 0.6 is 15.9 Å². The summed E-state index contributed by atoms with van der Waals surface area (Å²) in [5.74, 6) is -2.83. The van der Waals surface area contributed by atoms with Crippen molar-refractivity contribution in [2.24, 2.45) is 0 Å². The summed E-state index contributed by atoms with van der Waals surface area (Å²) < 4.78 is 27.4. The molecule has 1 aliphatic heterocycles. The zero-order chi connectivity index (χ0) is 15.0. The van der Waals surface area contributed by atoms with E-state index >= 15 is 0 Å². The number of hydrogen-bond acceptors (Lipinski definition) is 2. The van der Waals surface area contributed by atoms with Gasteiger partial charge in [-0.25, -0.2) is 13.6 Å². The lowest BCUT2D eigenvalue weighted by Crippen LogP contribution is -2.41. The predicted octanol–water partition coefficient (Wildman–Crippen LogP) is 2.49. The van der Waals surface area contributed by atoms with Crippen LogP contribution in [0.15, 0.2) is 16.6 Å². The molecule has 2 atom stereocenters. The summed E-state index contributed by atoms with van der Waals surface area (Å²) in [5, 5.41) is 10.7. The summed E-state index contributed by atoms with van der Waals surface area (Å²) in [5.41, 5.74) is -0.196. The van der Waals surface area contributed by atoms with Gasteiger partial charge in [-0.05, 0) is 41.4 Å². The van der Waals surface area contributed by atoms with E-state index in [9.17, 15) is 18.4 Å². The maximum Gasteiger partial charge on any atom is 0.405 e. The first kappa shape index (κ1) is 14.7. The molecule has 0 spiro atoms. The van der Waals surface area contributed by atoms with Gasteiger partial charge >= 0.3 is 6.09 Å². The van der Waals surface area contributed by atoms with E-state index < -0.39 is 35.7 Å². The molecule has 2 amide bonds. The van der Waals surface area contributed by atoms with Crippen LogP contribution in [0.25, 0.3) is 0 Å². The van der Waals surface area contributed by atoms with Crippen LogP contribution < -0.4 is 10.2 Å². The van der Waals surface area contributed by atoms with Crippen molar-refractivity contribution in [3.05, 3.63) is 28.2 Å². The fraction of sp³-hybridized carbons (Fsp3) is 0.333. The van der Waals surface area contributed by atoms with Gasteiger partial charge in [0.25, 0.3) is 0 Å².